The van der Waals surface area contributed by atoms with Gasteiger partial charge in [0.15, 0.2) is 0 Å². The van der Waals surface area contributed by atoms with Gasteiger partial charge in [0.2, 0.25) is 11.8 Å². The predicted octanol–water partition coefficient (Wildman–Crippen LogP) is -0.759. The third-order valence-electron chi connectivity index (χ3n) is 2.92. The molecule has 1 saturated heterocycles. The maximum absolute atomic E-state index is 12.0. The van der Waals surface area contributed by atoms with Gasteiger partial charge in [0.25, 0.3) is 0 Å². The minimum Gasteiger partial charge on any atom is -0.345 e. The SMILES string of the molecule is CN1CC(C(=O)N(C)Cc2ncn[nH]2)CC1=O. The fraction of sp³-hybridized carbons (Fsp3) is 0.600. The van der Waals surface area contributed by atoms with Crippen LogP contribution in [0.4, 0.5) is 0 Å². The molecule has 0 aromatic carbocycles. The molecule has 2 rings (SSSR count). The predicted molar refractivity (Wildman–Crippen MR) is 58.6 cm³/mol. The molecule has 17 heavy (non-hydrogen) atoms. The van der Waals surface area contributed by atoms with Crippen LogP contribution in [0.15, 0.2) is 6.33 Å². The van der Waals surface area contributed by atoms with E-state index in [0.29, 0.717) is 25.3 Å². The van der Waals surface area contributed by atoms with Gasteiger partial charge in [-0.2, -0.15) is 5.10 Å². The van der Waals surface area contributed by atoms with E-state index < -0.39 is 0 Å². The number of H-pyrrole nitrogens is 1. The summed E-state index contributed by atoms with van der Waals surface area (Å²) in [4.78, 5) is 30.5. The van der Waals surface area contributed by atoms with E-state index in [9.17, 15) is 9.59 Å². The van der Waals surface area contributed by atoms with Crippen molar-refractivity contribution in [1.29, 1.82) is 0 Å². The van der Waals surface area contributed by atoms with Crippen molar-refractivity contribution in [3.63, 3.8) is 0 Å². The highest BCUT2D eigenvalue weighted by Gasteiger charge is 2.33. The zero-order chi connectivity index (χ0) is 12.4. The van der Waals surface area contributed by atoms with Gasteiger partial charge >= 0.3 is 0 Å². The molecule has 2 heterocycles. The molecule has 0 saturated carbocycles. The molecule has 1 unspecified atom stereocenters. The number of nitrogens with one attached hydrogen (secondary N) is 1. The van der Waals surface area contributed by atoms with Crippen LogP contribution in [0.2, 0.25) is 0 Å². The third kappa shape index (κ3) is 2.43. The van der Waals surface area contributed by atoms with Crippen LogP contribution in [-0.4, -0.2) is 57.4 Å². The van der Waals surface area contributed by atoms with Crippen LogP contribution >= 0.6 is 0 Å². The fourth-order valence-electron chi connectivity index (χ4n) is 1.95. The van der Waals surface area contributed by atoms with Gasteiger partial charge in [-0.05, 0) is 0 Å². The first kappa shape index (κ1) is 11.6. The van der Waals surface area contributed by atoms with Crippen LogP contribution in [0.3, 0.4) is 0 Å². The Kier molecular flexibility index (Phi) is 3.08. The van der Waals surface area contributed by atoms with Crippen molar-refractivity contribution < 1.29 is 9.59 Å². The second-order valence-electron chi connectivity index (χ2n) is 4.30. The summed E-state index contributed by atoms with van der Waals surface area (Å²) in [5.74, 6) is 0.398. The maximum atomic E-state index is 12.0. The van der Waals surface area contributed by atoms with Crippen LogP contribution in [-0.2, 0) is 16.1 Å². The molecule has 2 amide bonds. The quantitative estimate of drug-likeness (QED) is 0.749. The summed E-state index contributed by atoms with van der Waals surface area (Å²) in [5, 5.41) is 6.42. The molecule has 1 aliphatic rings. The van der Waals surface area contributed by atoms with Gasteiger partial charge in [-0.25, -0.2) is 4.98 Å². The average molecular weight is 237 g/mol. The van der Waals surface area contributed by atoms with Crippen molar-refractivity contribution in [2.24, 2.45) is 5.92 Å². The Morgan fingerprint density at radius 3 is 3.00 bits per heavy atom. The van der Waals surface area contributed by atoms with Gasteiger partial charge in [-0.15, -0.1) is 0 Å². The summed E-state index contributed by atoms with van der Waals surface area (Å²) in [7, 11) is 3.42. The molecule has 1 aliphatic heterocycles. The number of rotatable bonds is 3. The van der Waals surface area contributed by atoms with Gasteiger partial charge in [-0.3, -0.25) is 14.7 Å². The van der Waals surface area contributed by atoms with E-state index in [2.05, 4.69) is 15.2 Å². The lowest BCUT2D eigenvalue weighted by molar-refractivity contribution is -0.135. The van der Waals surface area contributed by atoms with Gasteiger partial charge in [0.1, 0.15) is 12.2 Å². The summed E-state index contributed by atoms with van der Waals surface area (Å²) < 4.78 is 0. The lowest BCUT2D eigenvalue weighted by Gasteiger charge is -2.19. The van der Waals surface area contributed by atoms with E-state index in [4.69, 9.17) is 0 Å². The van der Waals surface area contributed by atoms with Crippen molar-refractivity contribution in [2.45, 2.75) is 13.0 Å². The smallest absolute Gasteiger partial charge is 0.228 e. The number of hydrogen-bond acceptors (Lipinski definition) is 4. The van der Waals surface area contributed by atoms with Gasteiger partial charge in [0, 0.05) is 27.1 Å². The molecule has 1 atom stereocenters. The standard InChI is InChI=1S/C10H15N5O2/c1-14-4-7(3-9(14)16)10(17)15(2)5-8-11-6-12-13-8/h6-7H,3-5H2,1-2H3,(H,11,12,13). The number of aromatic amines is 1. The topological polar surface area (TPSA) is 82.2 Å². The lowest BCUT2D eigenvalue weighted by atomic mass is 10.1. The normalized spacial score (nSPS) is 19.8. The van der Waals surface area contributed by atoms with E-state index >= 15 is 0 Å². The number of aromatic nitrogens is 3. The number of carbonyl (C=O) groups is 2. The highest BCUT2D eigenvalue weighted by Crippen LogP contribution is 2.18. The Labute approximate surface area is 98.8 Å². The highest BCUT2D eigenvalue weighted by atomic mass is 16.2. The van der Waals surface area contributed by atoms with Crippen molar-refractivity contribution in [3.05, 3.63) is 12.2 Å². The lowest BCUT2D eigenvalue weighted by Crippen LogP contribution is -2.34. The number of nitrogens with zero attached hydrogens (tertiary/aromatic N) is 4. The average Bonchev–Trinajstić information content (AvgIpc) is 2.89. The largest absolute Gasteiger partial charge is 0.345 e. The van der Waals surface area contributed by atoms with E-state index in [1.165, 1.54) is 6.33 Å². The van der Waals surface area contributed by atoms with E-state index in [1.54, 1.807) is 23.9 Å². The summed E-state index contributed by atoms with van der Waals surface area (Å²) in [6.45, 7) is 0.881. The second-order valence-corrected chi connectivity index (χ2v) is 4.30. The number of amides is 2. The number of carbonyl (C=O) groups excluding carboxylic acids is 2. The molecule has 0 spiro atoms. The summed E-state index contributed by atoms with van der Waals surface area (Å²) >= 11 is 0. The summed E-state index contributed by atoms with van der Waals surface area (Å²) in [6.07, 6.45) is 1.70. The van der Waals surface area contributed by atoms with Crippen molar-refractivity contribution in [2.75, 3.05) is 20.6 Å². The first-order valence-corrected chi connectivity index (χ1v) is 5.41. The highest BCUT2D eigenvalue weighted by molar-refractivity contribution is 5.88. The molecular formula is C10H15N5O2. The molecule has 1 aromatic rings. The summed E-state index contributed by atoms with van der Waals surface area (Å²) in [5.41, 5.74) is 0. The fourth-order valence-corrected chi connectivity index (χ4v) is 1.95. The monoisotopic (exact) mass is 237 g/mol. The Morgan fingerprint density at radius 1 is 1.71 bits per heavy atom. The van der Waals surface area contributed by atoms with Gasteiger partial charge in [-0.1, -0.05) is 0 Å². The molecule has 0 aliphatic carbocycles. The van der Waals surface area contributed by atoms with Crippen LogP contribution in [0.25, 0.3) is 0 Å². The van der Waals surface area contributed by atoms with E-state index in [1.807, 2.05) is 0 Å². The molecule has 1 fully saturated rings. The molecule has 7 heteroatoms. The molecule has 0 radical (unpaired) electrons. The molecule has 1 aromatic heterocycles. The van der Waals surface area contributed by atoms with Crippen molar-refractivity contribution in [1.82, 2.24) is 25.0 Å². The Morgan fingerprint density at radius 2 is 2.47 bits per heavy atom. The van der Waals surface area contributed by atoms with Crippen LogP contribution < -0.4 is 0 Å². The Hall–Kier alpha value is -1.92. The van der Waals surface area contributed by atoms with Crippen LogP contribution in [0, 0.1) is 5.92 Å². The second kappa shape index (κ2) is 4.52. The Balaban J connectivity index is 1.94. The maximum Gasteiger partial charge on any atom is 0.228 e. The molecule has 0 bridgehead atoms. The van der Waals surface area contributed by atoms with E-state index in [-0.39, 0.29) is 17.7 Å². The van der Waals surface area contributed by atoms with E-state index in [0.717, 1.165) is 0 Å². The minimum absolute atomic E-state index is 0.0245. The third-order valence-corrected chi connectivity index (χ3v) is 2.92. The molecule has 92 valence electrons. The zero-order valence-corrected chi connectivity index (χ0v) is 9.88. The number of likely N-dealkylation sites (tertiary alicyclic amines) is 1. The minimum atomic E-state index is -0.236. The first-order chi connectivity index (χ1) is 8.08. The van der Waals surface area contributed by atoms with Gasteiger partial charge in [0.05, 0.1) is 12.5 Å². The molecule has 7 nitrogen and oxygen atoms in total. The number of hydrogen-bond donors (Lipinski definition) is 1. The Bertz CT molecular complexity index is 416. The first-order valence-electron chi connectivity index (χ1n) is 5.41. The van der Waals surface area contributed by atoms with Crippen LogP contribution in [0.1, 0.15) is 12.2 Å². The summed E-state index contributed by atoms with van der Waals surface area (Å²) in [6, 6.07) is 0. The van der Waals surface area contributed by atoms with Crippen LogP contribution in [0.5, 0.6) is 0 Å². The zero-order valence-electron chi connectivity index (χ0n) is 9.88. The van der Waals surface area contributed by atoms with Gasteiger partial charge < -0.3 is 9.80 Å². The molecular weight excluding hydrogens is 222 g/mol. The van der Waals surface area contributed by atoms with Crippen molar-refractivity contribution >= 4 is 11.8 Å². The van der Waals surface area contributed by atoms with Crippen molar-refractivity contribution in [3.8, 4) is 0 Å². The molecule has 1 N–H and O–H groups in total.